The van der Waals surface area contributed by atoms with E-state index in [4.69, 9.17) is 0 Å². The number of nitrogens with zero attached hydrogens (tertiary/aromatic N) is 5. The number of rotatable bonds is 4. The number of hydrogen-bond acceptors (Lipinski definition) is 4. The molecule has 2 heterocycles. The molecule has 1 aromatic carbocycles. The largest absolute Gasteiger partial charge is 0.295 e. The van der Waals surface area contributed by atoms with Crippen molar-refractivity contribution in [1.29, 1.82) is 0 Å². The number of H-pyrrole nitrogens is 1. The van der Waals surface area contributed by atoms with Crippen molar-refractivity contribution in [3.8, 4) is 5.69 Å². The Balaban J connectivity index is 1.30. The molecule has 1 N–H and O–H groups in total. The molecular formula is C23H26N6O. The molecule has 4 fully saturated rings. The van der Waals surface area contributed by atoms with Gasteiger partial charge in [-0.3, -0.25) is 9.89 Å². The van der Waals surface area contributed by atoms with Gasteiger partial charge in [0.2, 0.25) is 0 Å². The highest BCUT2D eigenvalue weighted by Crippen LogP contribution is 2.60. The van der Waals surface area contributed by atoms with E-state index < -0.39 is 0 Å². The Labute approximate surface area is 174 Å². The van der Waals surface area contributed by atoms with Crippen molar-refractivity contribution in [2.75, 3.05) is 0 Å². The third-order valence-electron chi connectivity index (χ3n) is 7.62. The maximum atomic E-state index is 13.0. The molecule has 7 rings (SSSR count). The van der Waals surface area contributed by atoms with Crippen molar-refractivity contribution in [3.05, 3.63) is 64.1 Å². The summed E-state index contributed by atoms with van der Waals surface area (Å²) >= 11 is 0. The maximum absolute atomic E-state index is 13.0. The van der Waals surface area contributed by atoms with Crippen molar-refractivity contribution >= 4 is 6.21 Å². The van der Waals surface area contributed by atoms with Crippen LogP contribution in [0.4, 0.5) is 0 Å². The van der Waals surface area contributed by atoms with Crippen LogP contribution < -0.4 is 5.56 Å². The van der Waals surface area contributed by atoms with Crippen LogP contribution in [0, 0.1) is 24.7 Å². The highest BCUT2D eigenvalue weighted by Gasteiger charge is 2.51. The Bertz CT molecular complexity index is 1120. The van der Waals surface area contributed by atoms with Crippen LogP contribution in [-0.2, 0) is 5.41 Å². The first-order chi connectivity index (χ1) is 14.6. The molecule has 0 unspecified atom stereocenters. The van der Waals surface area contributed by atoms with Gasteiger partial charge in [0.25, 0.3) is 5.56 Å². The monoisotopic (exact) mass is 402 g/mol. The minimum Gasteiger partial charge on any atom is -0.295 e. The first kappa shape index (κ1) is 17.9. The summed E-state index contributed by atoms with van der Waals surface area (Å²) in [5.74, 6) is 2.78. The van der Waals surface area contributed by atoms with Crippen molar-refractivity contribution < 1.29 is 0 Å². The summed E-state index contributed by atoms with van der Waals surface area (Å²) in [5.41, 5.74) is 3.92. The fraction of sp³-hybridized carbons (Fsp3) is 0.478. The number of benzene rings is 1. The number of aromatic nitrogens is 5. The Kier molecular flexibility index (Phi) is 3.88. The van der Waals surface area contributed by atoms with Crippen molar-refractivity contribution in [2.45, 2.75) is 50.9 Å². The molecule has 4 aliphatic rings. The van der Waals surface area contributed by atoms with Crippen LogP contribution in [0.15, 0.2) is 46.8 Å². The summed E-state index contributed by atoms with van der Waals surface area (Å²) in [4.78, 5) is 13.0. The molecule has 3 aromatic rings. The van der Waals surface area contributed by atoms with Crippen LogP contribution in [0.5, 0.6) is 0 Å². The quantitative estimate of drug-likeness (QED) is 0.679. The van der Waals surface area contributed by atoms with Crippen LogP contribution in [0.3, 0.4) is 0 Å². The van der Waals surface area contributed by atoms with E-state index >= 15 is 0 Å². The zero-order valence-corrected chi connectivity index (χ0v) is 17.2. The zero-order valence-electron chi connectivity index (χ0n) is 17.2. The fourth-order valence-corrected chi connectivity index (χ4v) is 6.70. The second-order valence-electron chi connectivity index (χ2n) is 9.62. The highest BCUT2D eigenvalue weighted by atomic mass is 16.1. The van der Waals surface area contributed by atoms with Gasteiger partial charge in [-0.15, -0.1) is 10.2 Å². The SMILES string of the molecule is Cc1[nH]n(-c2ccc(C34CC5CC(CC(C5)C3)C4)cc2)c(=O)c1C=Nn1cnnc1. The van der Waals surface area contributed by atoms with E-state index in [1.54, 1.807) is 10.9 Å². The lowest BCUT2D eigenvalue weighted by molar-refractivity contribution is -0.00518. The predicted molar refractivity (Wildman–Crippen MR) is 114 cm³/mol. The van der Waals surface area contributed by atoms with Gasteiger partial charge in [-0.1, -0.05) is 12.1 Å². The van der Waals surface area contributed by atoms with Crippen LogP contribution in [0.1, 0.15) is 55.3 Å². The molecular weight excluding hydrogens is 376 g/mol. The average molecular weight is 403 g/mol. The van der Waals surface area contributed by atoms with Gasteiger partial charge in [0, 0.05) is 5.69 Å². The Morgan fingerprint density at radius 1 is 1.03 bits per heavy atom. The molecule has 30 heavy (non-hydrogen) atoms. The summed E-state index contributed by atoms with van der Waals surface area (Å²) in [5, 5.41) is 14.8. The molecule has 0 amide bonds. The normalized spacial score (nSPS) is 29.8. The van der Waals surface area contributed by atoms with Gasteiger partial charge in [0.05, 0.1) is 17.5 Å². The lowest BCUT2D eigenvalue weighted by Gasteiger charge is -2.57. The second-order valence-corrected chi connectivity index (χ2v) is 9.62. The van der Waals surface area contributed by atoms with E-state index in [9.17, 15) is 4.79 Å². The molecule has 7 heteroatoms. The minimum atomic E-state index is -0.105. The third-order valence-corrected chi connectivity index (χ3v) is 7.62. The molecule has 4 bridgehead atoms. The molecule has 154 valence electrons. The van der Waals surface area contributed by atoms with Crippen molar-refractivity contribution in [2.24, 2.45) is 22.9 Å². The van der Waals surface area contributed by atoms with Crippen molar-refractivity contribution in [1.82, 2.24) is 24.7 Å². The summed E-state index contributed by atoms with van der Waals surface area (Å²) in [7, 11) is 0. The maximum Gasteiger partial charge on any atom is 0.280 e. The summed E-state index contributed by atoms with van der Waals surface area (Å²) in [6, 6.07) is 8.70. The fourth-order valence-electron chi connectivity index (χ4n) is 6.70. The molecule has 0 saturated heterocycles. The van der Waals surface area contributed by atoms with Crippen LogP contribution in [-0.4, -0.2) is 30.9 Å². The van der Waals surface area contributed by atoms with Crippen LogP contribution >= 0.6 is 0 Å². The molecule has 2 aromatic heterocycles. The Morgan fingerprint density at radius 2 is 1.63 bits per heavy atom. The van der Waals surface area contributed by atoms with Gasteiger partial charge in [-0.25, -0.2) is 9.36 Å². The number of hydrogen-bond donors (Lipinski definition) is 1. The van der Waals surface area contributed by atoms with Crippen LogP contribution in [0.2, 0.25) is 0 Å². The van der Waals surface area contributed by atoms with Gasteiger partial charge >= 0.3 is 0 Å². The predicted octanol–water partition coefficient (Wildman–Crippen LogP) is 3.42. The van der Waals surface area contributed by atoms with E-state index in [1.165, 1.54) is 61.4 Å². The number of aryl methyl sites for hydroxylation is 1. The first-order valence-electron chi connectivity index (χ1n) is 10.9. The second kappa shape index (κ2) is 6.52. The van der Waals surface area contributed by atoms with E-state index in [0.717, 1.165) is 29.1 Å². The molecule has 0 aliphatic heterocycles. The van der Waals surface area contributed by atoms with Crippen molar-refractivity contribution in [3.63, 3.8) is 0 Å². The molecule has 7 nitrogen and oxygen atoms in total. The lowest BCUT2D eigenvalue weighted by Crippen LogP contribution is -2.48. The zero-order chi connectivity index (χ0) is 20.3. The smallest absolute Gasteiger partial charge is 0.280 e. The number of aromatic amines is 1. The van der Waals surface area contributed by atoms with E-state index in [0.29, 0.717) is 11.0 Å². The molecule has 4 saturated carbocycles. The Morgan fingerprint density at radius 3 is 2.23 bits per heavy atom. The standard InChI is InChI=1S/C23H26N6O/c1-15-21(12-26-28-13-24-25-14-28)22(30)29(27-15)20-4-2-19(3-5-20)23-9-16-6-17(10-23)8-18(7-16)11-23/h2-5,12-14,16-18,27H,6-11H2,1H3. The third kappa shape index (κ3) is 2.79. The van der Waals surface area contributed by atoms with E-state index in [2.05, 4.69) is 44.7 Å². The molecule has 0 radical (unpaired) electrons. The van der Waals surface area contributed by atoms with Gasteiger partial charge in [-0.05, 0) is 86.3 Å². The van der Waals surface area contributed by atoms with Gasteiger partial charge in [0.1, 0.15) is 12.7 Å². The van der Waals surface area contributed by atoms with Gasteiger partial charge < -0.3 is 0 Å². The summed E-state index contributed by atoms with van der Waals surface area (Å²) in [6.45, 7) is 1.88. The highest BCUT2D eigenvalue weighted by molar-refractivity contribution is 5.80. The van der Waals surface area contributed by atoms with E-state index in [1.807, 2.05) is 6.92 Å². The first-order valence-corrected chi connectivity index (χ1v) is 10.9. The summed E-state index contributed by atoms with van der Waals surface area (Å²) < 4.78 is 3.07. The summed E-state index contributed by atoms with van der Waals surface area (Å²) in [6.07, 6.45) is 12.9. The van der Waals surface area contributed by atoms with Gasteiger partial charge in [0.15, 0.2) is 0 Å². The van der Waals surface area contributed by atoms with Gasteiger partial charge in [-0.2, -0.15) is 5.10 Å². The molecule has 0 spiro atoms. The van der Waals surface area contributed by atoms with E-state index in [-0.39, 0.29) is 5.56 Å². The van der Waals surface area contributed by atoms with Crippen LogP contribution in [0.25, 0.3) is 5.69 Å². The Hall–Kier alpha value is -2.96. The number of nitrogens with one attached hydrogen (secondary N) is 1. The topological polar surface area (TPSA) is 80.9 Å². The minimum absolute atomic E-state index is 0.105. The lowest BCUT2D eigenvalue weighted by atomic mass is 9.48. The molecule has 4 aliphatic carbocycles. The molecule has 0 atom stereocenters. The average Bonchev–Trinajstić information content (AvgIpc) is 3.34.